The largest absolute Gasteiger partial charge is 0.324 e. The van der Waals surface area contributed by atoms with E-state index in [0.29, 0.717) is 5.92 Å². The van der Waals surface area contributed by atoms with Crippen molar-refractivity contribution >= 4 is 18.1 Å². The number of fused-ring (bicyclic) bond motifs is 1. The van der Waals surface area contributed by atoms with Crippen molar-refractivity contribution in [2.45, 2.75) is 33.6 Å². The standard InChI is InChI=1S/C10H15N3O.C2H6OS.CH4/c1-6(2)9-11-10(14-12-9)13-4-7-3-8(7)5-13;1-3-4-2;/h6-8H,3-5H2,1-2H3;1-2H3;1H4. The Balaban J connectivity index is 0.000000323. The smallest absolute Gasteiger partial charge is 0.324 e. The third-order valence-electron chi connectivity index (χ3n) is 3.36. The van der Waals surface area contributed by atoms with Gasteiger partial charge >= 0.3 is 6.01 Å². The van der Waals surface area contributed by atoms with Crippen LogP contribution in [-0.2, 0) is 4.18 Å². The van der Waals surface area contributed by atoms with Crippen molar-refractivity contribution in [2.24, 2.45) is 11.8 Å². The van der Waals surface area contributed by atoms with Gasteiger partial charge in [0.2, 0.25) is 0 Å². The topological polar surface area (TPSA) is 51.4 Å². The summed E-state index contributed by atoms with van der Waals surface area (Å²) >= 11 is 1.36. The fourth-order valence-corrected chi connectivity index (χ4v) is 2.14. The van der Waals surface area contributed by atoms with Crippen molar-refractivity contribution < 1.29 is 8.71 Å². The van der Waals surface area contributed by atoms with E-state index in [9.17, 15) is 0 Å². The van der Waals surface area contributed by atoms with Crippen molar-refractivity contribution in [1.29, 1.82) is 0 Å². The van der Waals surface area contributed by atoms with Gasteiger partial charge in [0.25, 0.3) is 0 Å². The minimum Gasteiger partial charge on any atom is -0.324 e. The van der Waals surface area contributed by atoms with Crippen LogP contribution in [0.1, 0.15) is 39.4 Å². The van der Waals surface area contributed by atoms with E-state index in [0.717, 1.165) is 36.8 Å². The molecule has 1 aromatic rings. The van der Waals surface area contributed by atoms with Gasteiger partial charge in [-0.1, -0.05) is 26.4 Å². The fraction of sp³-hybridized carbons (Fsp3) is 0.846. The summed E-state index contributed by atoms with van der Waals surface area (Å²) in [7, 11) is 1.64. The second-order valence-corrected chi connectivity index (χ2v) is 5.75. The zero-order chi connectivity index (χ0) is 13.1. The Labute approximate surface area is 120 Å². The molecule has 0 bridgehead atoms. The zero-order valence-corrected chi connectivity index (χ0v) is 12.2. The van der Waals surface area contributed by atoms with Crippen LogP contribution in [0.3, 0.4) is 0 Å². The molecule has 0 N–H and O–H groups in total. The summed E-state index contributed by atoms with van der Waals surface area (Å²) < 4.78 is 9.70. The molecule has 110 valence electrons. The molecule has 2 atom stereocenters. The van der Waals surface area contributed by atoms with Crippen LogP contribution >= 0.6 is 12.0 Å². The second kappa shape index (κ2) is 7.14. The van der Waals surface area contributed by atoms with E-state index >= 15 is 0 Å². The molecule has 0 spiro atoms. The van der Waals surface area contributed by atoms with Crippen LogP contribution in [0.25, 0.3) is 0 Å². The number of hydrogen-bond donors (Lipinski definition) is 0. The molecule has 1 aromatic heterocycles. The van der Waals surface area contributed by atoms with Crippen LogP contribution in [0.5, 0.6) is 0 Å². The maximum atomic E-state index is 5.24. The average molecular weight is 287 g/mol. The van der Waals surface area contributed by atoms with Gasteiger partial charge in [-0.3, -0.25) is 0 Å². The second-order valence-electron chi connectivity index (χ2n) is 5.08. The minimum atomic E-state index is 0. The number of rotatable bonds is 3. The van der Waals surface area contributed by atoms with Crippen molar-refractivity contribution in [3.63, 3.8) is 0 Å². The highest BCUT2D eigenvalue weighted by atomic mass is 32.2. The normalized spacial score (nSPS) is 23.5. The highest BCUT2D eigenvalue weighted by Crippen LogP contribution is 2.45. The molecule has 3 rings (SSSR count). The van der Waals surface area contributed by atoms with E-state index in [4.69, 9.17) is 4.52 Å². The van der Waals surface area contributed by atoms with Gasteiger partial charge in [-0.15, -0.1) is 0 Å². The van der Waals surface area contributed by atoms with Crippen molar-refractivity contribution in [3.05, 3.63) is 5.82 Å². The Morgan fingerprint density at radius 1 is 1.37 bits per heavy atom. The summed E-state index contributed by atoms with van der Waals surface area (Å²) in [6, 6.07) is 0.723. The molecule has 2 heterocycles. The van der Waals surface area contributed by atoms with Crippen LogP contribution in [-0.4, -0.2) is 36.6 Å². The lowest BCUT2D eigenvalue weighted by molar-refractivity contribution is 0.405. The Morgan fingerprint density at radius 2 is 1.95 bits per heavy atom. The summed E-state index contributed by atoms with van der Waals surface area (Å²) in [5.41, 5.74) is 0. The number of nitrogens with zero attached hydrogens (tertiary/aromatic N) is 3. The van der Waals surface area contributed by atoms with Gasteiger partial charge < -0.3 is 13.6 Å². The monoisotopic (exact) mass is 287 g/mol. The Hall–Kier alpha value is -0.750. The molecule has 1 aliphatic carbocycles. The third kappa shape index (κ3) is 4.11. The molecular formula is C13H25N3O2S. The molecule has 1 saturated carbocycles. The van der Waals surface area contributed by atoms with Gasteiger partial charge in [0, 0.05) is 25.3 Å². The molecule has 0 amide bonds. The molecule has 6 heteroatoms. The zero-order valence-electron chi connectivity index (χ0n) is 11.4. The molecule has 1 saturated heterocycles. The van der Waals surface area contributed by atoms with Gasteiger partial charge in [-0.2, -0.15) is 4.98 Å². The van der Waals surface area contributed by atoms with Crippen LogP contribution in [0.4, 0.5) is 6.01 Å². The molecule has 2 unspecified atom stereocenters. The van der Waals surface area contributed by atoms with Gasteiger partial charge in [-0.05, 0) is 30.3 Å². The molecule has 0 radical (unpaired) electrons. The van der Waals surface area contributed by atoms with Crippen LogP contribution < -0.4 is 4.90 Å². The molecular weight excluding hydrogens is 262 g/mol. The van der Waals surface area contributed by atoms with Gasteiger partial charge in [0.1, 0.15) is 0 Å². The Morgan fingerprint density at radius 3 is 2.37 bits per heavy atom. The highest BCUT2D eigenvalue weighted by molar-refractivity contribution is 7.93. The first kappa shape index (κ1) is 16.3. The first-order chi connectivity index (χ1) is 8.65. The maximum Gasteiger partial charge on any atom is 0.324 e. The molecule has 1 aliphatic heterocycles. The number of anilines is 1. The summed E-state index contributed by atoms with van der Waals surface area (Å²) in [6.07, 6.45) is 3.28. The quantitative estimate of drug-likeness (QED) is 0.796. The lowest BCUT2D eigenvalue weighted by Crippen LogP contribution is -2.22. The van der Waals surface area contributed by atoms with E-state index in [1.54, 1.807) is 7.11 Å². The Kier molecular flexibility index (Phi) is 6.13. The van der Waals surface area contributed by atoms with Crippen molar-refractivity contribution in [2.75, 3.05) is 31.4 Å². The van der Waals surface area contributed by atoms with E-state index in [1.165, 1.54) is 18.5 Å². The predicted molar refractivity (Wildman–Crippen MR) is 79.5 cm³/mol. The summed E-state index contributed by atoms with van der Waals surface area (Å²) in [5, 5.41) is 3.97. The van der Waals surface area contributed by atoms with E-state index in [2.05, 4.69) is 33.1 Å². The van der Waals surface area contributed by atoms with Crippen molar-refractivity contribution in [1.82, 2.24) is 10.1 Å². The van der Waals surface area contributed by atoms with Crippen LogP contribution in [0.2, 0.25) is 0 Å². The highest BCUT2D eigenvalue weighted by Gasteiger charge is 2.46. The molecule has 19 heavy (non-hydrogen) atoms. The van der Waals surface area contributed by atoms with Gasteiger partial charge in [0.15, 0.2) is 5.82 Å². The lowest BCUT2D eigenvalue weighted by Gasteiger charge is -2.13. The lowest BCUT2D eigenvalue weighted by atomic mass is 10.2. The van der Waals surface area contributed by atoms with E-state index < -0.39 is 0 Å². The number of aromatic nitrogens is 2. The van der Waals surface area contributed by atoms with E-state index in [1.807, 2.05) is 6.26 Å². The number of piperidine rings is 1. The summed E-state index contributed by atoms with van der Waals surface area (Å²) in [5.74, 6) is 2.99. The first-order valence-corrected chi connectivity index (χ1v) is 7.46. The fourth-order valence-electron chi connectivity index (χ4n) is 2.14. The SMILES string of the molecule is C.CC(C)c1noc(N2CC3CC3C2)n1.COSC. The molecule has 5 nitrogen and oxygen atoms in total. The molecule has 2 aliphatic rings. The van der Waals surface area contributed by atoms with Crippen LogP contribution in [0.15, 0.2) is 4.52 Å². The Bertz CT molecular complexity index is 372. The predicted octanol–water partition coefficient (Wildman–Crippen LogP) is 3.20. The molecule has 0 aromatic carbocycles. The average Bonchev–Trinajstić information content (AvgIpc) is 2.85. The van der Waals surface area contributed by atoms with E-state index in [-0.39, 0.29) is 7.43 Å². The minimum absolute atomic E-state index is 0. The third-order valence-corrected chi connectivity index (χ3v) is 3.70. The summed E-state index contributed by atoms with van der Waals surface area (Å²) in [4.78, 5) is 6.61. The number of hydrogen-bond acceptors (Lipinski definition) is 6. The maximum absolute atomic E-state index is 5.24. The van der Waals surface area contributed by atoms with Crippen LogP contribution in [0, 0.1) is 11.8 Å². The van der Waals surface area contributed by atoms with Gasteiger partial charge in [0.05, 0.1) is 7.11 Å². The van der Waals surface area contributed by atoms with Crippen molar-refractivity contribution in [3.8, 4) is 0 Å². The van der Waals surface area contributed by atoms with Gasteiger partial charge in [-0.25, -0.2) is 0 Å². The summed E-state index contributed by atoms with van der Waals surface area (Å²) in [6.45, 7) is 6.39. The first-order valence-electron chi connectivity index (χ1n) is 6.31. The molecule has 2 fully saturated rings.